The zero-order chi connectivity index (χ0) is 20.3. The average molecular weight is 402 g/mol. The van der Waals surface area contributed by atoms with Gasteiger partial charge in [-0.15, -0.1) is 0 Å². The predicted molar refractivity (Wildman–Crippen MR) is 109 cm³/mol. The molecule has 1 atom stereocenters. The van der Waals surface area contributed by atoms with Crippen LogP contribution in [0.25, 0.3) is 0 Å². The van der Waals surface area contributed by atoms with Gasteiger partial charge in [-0.2, -0.15) is 0 Å². The molecule has 6 nitrogen and oxygen atoms in total. The van der Waals surface area contributed by atoms with E-state index in [0.29, 0.717) is 18.7 Å². The van der Waals surface area contributed by atoms with Gasteiger partial charge in [0.25, 0.3) is 5.91 Å². The fourth-order valence-electron chi connectivity index (χ4n) is 3.39. The molecule has 1 aromatic heterocycles. The lowest BCUT2D eigenvalue weighted by Gasteiger charge is -2.37. The molecular weight excluding hydrogens is 378 g/mol. The second-order valence-electron chi connectivity index (χ2n) is 6.94. The van der Waals surface area contributed by atoms with Gasteiger partial charge in [0.15, 0.2) is 6.10 Å². The minimum absolute atomic E-state index is 0.0959. The van der Waals surface area contributed by atoms with Crippen molar-refractivity contribution < 1.29 is 14.3 Å². The summed E-state index contributed by atoms with van der Waals surface area (Å²) in [4.78, 5) is 33.3. The number of hydrogen-bond acceptors (Lipinski definition) is 5. The minimum atomic E-state index is -0.882. The summed E-state index contributed by atoms with van der Waals surface area (Å²) in [5.74, 6) is -0.825. The van der Waals surface area contributed by atoms with Crippen molar-refractivity contribution in [2.75, 3.05) is 31.1 Å². The molecule has 2 aromatic rings. The molecule has 3 rings (SSSR count). The van der Waals surface area contributed by atoms with Crippen LogP contribution in [0.15, 0.2) is 36.4 Å². The van der Waals surface area contributed by atoms with Gasteiger partial charge in [0.1, 0.15) is 5.15 Å². The van der Waals surface area contributed by atoms with Crippen LogP contribution in [0.3, 0.4) is 0 Å². The number of para-hydroxylation sites is 1. The molecule has 148 valence electrons. The van der Waals surface area contributed by atoms with Crippen molar-refractivity contribution in [3.8, 4) is 0 Å². The Morgan fingerprint density at radius 1 is 1.11 bits per heavy atom. The van der Waals surface area contributed by atoms with Crippen LogP contribution in [0.5, 0.6) is 0 Å². The summed E-state index contributed by atoms with van der Waals surface area (Å²) in [6.45, 7) is 7.81. The highest BCUT2D eigenvalue weighted by Gasteiger charge is 2.28. The normalized spacial score (nSPS) is 15.3. The Morgan fingerprint density at radius 2 is 1.75 bits per heavy atom. The first-order valence-electron chi connectivity index (χ1n) is 9.30. The Morgan fingerprint density at radius 3 is 2.36 bits per heavy atom. The number of esters is 1. The second-order valence-corrected chi connectivity index (χ2v) is 7.30. The molecule has 28 heavy (non-hydrogen) atoms. The van der Waals surface area contributed by atoms with E-state index in [4.69, 9.17) is 16.3 Å². The number of aryl methyl sites for hydroxylation is 2. The summed E-state index contributed by atoms with van der Waals surface area (Å²) in [6.07, 6.45) is -0.882. The van der Waals surface area contributed by atoms with Crippen molar-refractivity contribution in [2.45, 2.75) is 26.9 Å². The van der Waals surface area contributed by atoms with Crippen LogP contribution in [0.4, 0.5) is 5.69 Å². The number of nitrogens with zero attached hydrogens (tertiary/aromatic N) is 3. The Balaban J connectivity index is 1.59. The third-order valence-corrected chi connectivity index (χ3v) is 5.12. The number of carbonyl (C=O) groups excluding carboxylic acids is 2. The topological polar surface area (TPSA) is 62.7 Å². The number of piperazine rings is 1. The zero-order valence-electron chi connectivity index (χ0n) is 16.3. The number of carbonyl (C=O) groups is 2. The number of pyridine rings is 1. The van der Waals surface area contributed by atoms with E-state index in [1.165, 1.54) is 0 Å². The third-order valence-electron chi connectivity index (χ3n) is 4.85. The maximum atomic E-state index is 12.7. The summed E-state index contributed by atoms with van der Waals surface area (Å²) in [6, 6.07) is 11.9. The first-order valence-corrected chi connectivity index (χ1v) is 9.68. The molecule has 1 aliphatic heterocycles. The van der Waals surface area contributed by atoms with Crippen LogP contribution >= 0.6 is 11.6 Å². The van der Waals surface area contributed by atoms with Crippen molar-refractivity contribution in [1.29, 1.82) is 0 Å². The van der Waals surface area contributed by atoms with Crippen molar-refractivity contribution in [2.24, 2.45) is 0 Å². The molecule has 1 aliphatic rings. The number of hydrogen-bond donors (Lipinski definition) is 0. The lowest BCUT2D eigenvalue weighted by atomic mass is 10.1. The quantitative estimate of drug-likeness (QED) is 0.581. The number of benzene rings is 1. The lowest BCUT2D eigenvalue weighted by Crippen LogP contribution is -2.51. The van der Waals surface area contributed by atoms with Crippen LogP contribution < -0.4 is 4.90 Å². The molecule has 0 aliphatic carbocycles. The number of amides is 1. The van der Waals surface area contributed by atoms with E-state index < -0.39 is 12.1 Å². The van der Waals surface area contributed by atoms with Gasteiger partial charge in [-0.3, -0.25) is 4.79 Å². The van der Waals surface area contributed by atoms with E-state index >= 15 is 0 Å². The second kappa shape index (κ2) is 8.61. The summed E-state index contributed by atoms with van der Waals surface area (Å²) < 4.78 is 5.40. The lowest BCUT2D eigenvalue weighted by molar-refractivity contribution is -0.140. The van der Waals surface area contributed by atoms with Crippen LogP contribution in [0.2, 0.25) is 5.15 Å². The Kier molecular flexibility index (Phi) is 6.19. The Hall–Kier alpha value is -2.60. The van der Waals surface area contributed by atoms with E-state index in [1.807, 2.05) is 18.2 Å². The molecule has 0 unspecified atom stereocenters. The zero-order valence-corrected chi connectivity index (χ0v) is 17.1. The minimum Gasteiger partial charge on any atom is -0.449 e. The first-order chi connectivity index (χ1) is 13.4. The average Bonchev–Trinajstić information content (AvgIpc) is 2.67. The number of ether oxygens (including phenoxy) is 1. The van der Waals surface area contributed by atoms with Crippen molar-refractivity contribution in [3.05, 3.63) is 58.4 Å². The van der Waals surface area contributed by atoms with Gasteiger partial charge in [0.05, 0.1) is 5.56 Å². The van der Waals surface area contributed by atoms with Gasteiger partial charge >= 0.3 is 5.97 Å². The standard InChI is InChI=1S/C21H24ClN3O3/c1-14-13-15(2)23-19(22)18(14)21(27)28-16(3)20(26)25-11-9-24(10-12-25)17-7-5-4-6-8-17/h4-8,13,16H,9-12H2,1-3H3/t16-/m0/s1. The monoisotopic (exact) mass is 401 g/mol. The fraction of sp³-hybridized carbons (Fsp3) is 0.381. The van der Waals surface area contributed by atoms with Crippen LogP contribution in [0.1, 0.15) is 28.5 Å². The van der Waals surface area contributed by atoms with Crippen LogP contribution in [0, 0.1) is 13.8 Å². The van der Waals surface area contributed by atoms with Gasteiger partial charge in [-0.05, 0) is 44.5 Å². The van der Waals surface area contributed by atoms with Crippen LogP contribution in [-0.4, -0.2) is 54.0 Å². The highest BCUT2D eigenvalue weighted by molar-refractivity contribution is 6.32. The Bertz CT molecular complexity index is 841. The van der Waals surface area contributed by atoms with E-state index in [2.05, 4.69) is 22.0 Å². The molecule has 7 heteroatoms. The largest absolute Gasteiger partial charge is 0.449 e. The first kappa shape index (κ1) is 20.1. The maximum absolute atomic E-state index is 12.7. The molecule has 0 saturated carbocycles. The smallest absolute Gasteiger partial charge is 0.342 e. The highest BCUT2D eigenvalue weighted by atomic mass is 35.5. The van der Waals surface area contributed by atoms with E-state index in [1.54, 1.807) is 31.7 Å². The van der Waals surface area contributed by atoms with Gasteiger partial charge in [-0.25, -0.2) is 9.78 Å². The molecule has 1 amide bonds. The van der Waals surface area contributed by atoms with E-state index in [-0.39, 0.29) is 16.6 Å². The number of anilines is 1. The van der Waals surface area contributed by atoms with Gasteiger partial charge in [0, 0.05) is 37.6 Å². The van der Waals surface area contributed by atoms with Gasteiger partial charge in [-0.1, -0.05) is 29.8 Å². The number of halogens is 1. The molecule has 0 radical (unpaired) electrons. The molecule has 0 bridgehead atoms. The number of rotatable bonds is 4. The fourth-order valence-corrected chi connectivity index (χ4v) is 3.75. The van der Waals surface area contributed by atoms with Gasteiger partial charge in [0.2, 0.25) is 0 Å². The molecule has 1 fully saturated rings. The predicted octanol–water partition coefficient (Wildman–Crippen LogP) is 3.25. The summed E-state index contributed by atoms with van der Waals surface area (Å²) in [5, 5.41) is 0.0959. The van der Waals surface area contributed by atoms with Crippen molar-refractivity contribution >= 4 is 29.2 Å². The van der Waals surface area contributed by atoms with Crippen LogP contribution in [-0.2, 0) is 9.53 Å². The van der Waals surface area contributed by atoms with Gasteiger partial charge < -0.3 is 14.5 Å². The summed E-state index contributed by atoms with van der Waals surface area (Å²) in [7, 11) is 0. The Labute approximate surface area is 170 Å². The molecular formula is C21H24ClN3O3. The number of aromatic nitrogens is 1. The highest BCUT2D eigenvalue weighted by Crippen LogP contribution is 2.21. The molecule has 0 N–H and O–H groups in total. The summed E-state index contributed by atoms with van der Waals surface area (Å²) >= 11 is 6.10. The maximum Gasteiger partial charge on any atom is 0.342 e. The SMILES string of the molecule is Cc1cc(C)c(C(=O)O[C@@H](C)C(=O)N2CCN(c3ccccc3)CC2)c(Cl)n1. The van der Waals surface area contributed by atoms with E-state index in [0.717, 1.165) is 24.5 Å². The molecule has 2 heterocycles. The molecule has 1 saturated heterocycles. The third kappa shape index (κ3) is 4.44. The molecule has 1 aromatic carbocycles. The van der Waals surface area contributed by atoms with Crippen molar-refractivity contribution in [1.82, 2.24) is 9.88 Å². The summed E-state index contributed by atoms with van der Waals surface area (Å²) in [5.41, 5.74) is 2.75. The molecule has 0 spiro atoms. The van der Waals surface area contributed by atoms with E-state index in [9.17, 15) is 9.59 Å². The van der Waals surface area contributed by atoms with Crippen molar-refractivity contribution in [3.63, 3.8) is 0 Å².